The summed E-state index contributed by atoms with van der Waals surface area (Å²) < 4.78 is 6.46. The molecule has 5 heteroatoms. The zero-order chi connectivity index (χ0) is 11.5. The van der Waals surface area contributed by atoms with Crippen LogP contribution >= 0.6 is 0 Å². The summed E-state index contributed by atoms with van der Waals surface area (Å²) >= 11 is 0. The van der Waals surface area contributed by atoms with Crippen molar-refractivity contribution in [2.45, 2.75) is 32.7 Å². The summed E-state index contributed by atoms with van der Waals surface area (Å²) in [6.45, 7) is 2.68. The van der Waals surface area contributed by atoms with Gasteiger partial charge >= 0.3 is 11.5 Å². The molecular weight excluding hydrogens is 208 g/mol. The van der Waals surface area contributed by atoms with Gasteiger partial charge in [0, 0.05) is 6.42 Å². The normalized spacial score (nSPS) is 14.3. The summed E-state index contributed by atoms with van der Waals surface area (Å²) in [5.74, 6) is 0.342. The molecule has 0 radical (unpaired) electrons. The minimum atomic E-state index is -0.551. The number of hydrogen-bond acceptors (Lipinski definition) is 3. The molecule has 0 fully saturated rings. The fourth-order valence-electron chi connectivity index (χ4n) is 1.92. The minimum absolute atomic E-state index is 0.0903. The Morgan fingerprint density at radius 3 is 3.12 bits per heavy atom. The summed E-state index contributed by atoms with van der Waals surface area (Å²) in [6.07, 6.45) is 4.37. The number of carbonyl (C=O) groups is 1. The fourth-order valence-corrected chi connectivity index (χ4v) is 1.92. The van der Waals surface area contributed by atoms with E-state index >= 15 is 0 Å². The standard InChI is InChI=1S/C11H14N2O3/c1-2-16-11(15)8-7-12-9-5-3-4-6-13(9)10(8)14/h7H,2-6H2,1H3/p+1. The second-order valence-corrected chi connectivity index (χ2v) is 3.78. The summed E-state index contributed by atoms with van der Waals surface area (Å²) in [5, 5.41) is 0. The highest BCUT2D eigenvalue weighted by Crippen LogP contribution is 2.07. The van der Waals surface area contributed by atoms with Crippen LogP contribution in [0.3, 0.4) is 0 Å². The Balaban J connectivity index is 2.42. The Kier molecular flexibility index (Phi) is 3.03. The van der Waals surface area contributed by atoms with Crippen LogP contribution in [0, 0.1) is 0 Å². The van der Waals surface area contributed by atoms with Crippen LogP contribution in [0.1, 0.15) is 35.9 Å². The van der Waals surface area contributed by atoms with E-state index in [1.54, 1.807) is 11.5 Å². The van der Waals surface area contributed by atoms with Crippen molar-refractivity contribution in [2.75, 3.05) is 6.61 Å². The first-order valence-electron chi connectivity index (χ1n) is 5.55. The third-order valence-corrected chi connectivity index (χ3v) is 2.73. The molecule has 0 saturated heterocycles. The molecule has 5 nitrogen and oxygen atoms in total. The highest BCUT2D eigenvalue weighted by Gasteiger charge is 2.24. The first kappa shape index (κ1) is 10.9. The average Bonchev–Trinajstić information content (AvgIpc) is 2.30. The van der Waals surface area contributed by atoms with E-state index < -0.39 is 5.97 Å². The highest BCUT2D eigenvalue weighted by molar-refractivity contribution is 5.88. The maximum Gasteiger partial charge on any atom is 0.352 e. The van der Waals surface area contributed by atoms with Crippen LogP contribution in [-0.2, 0) is 17.7 Å². The summed E-state index contributed by atoms with van der Waals surface area (Å²) in [4.78, 5) is 26.5. The number of hydrogen-bond donors (Lipinski definition) is 0. The van der Waals surface area contributed by atoms with Crippen LogP contribution in [-0.4, -0.2) is 17.1 Å². The highest BCUT2D eigenvalue weighted by atomic mass is 16.5. The van der Waals surface area contributed by atoms with Gasteiger partial charge in [-0.15, -0.1) is 0 Å². The Morgan fingerprint density at radius 1 is 1.56 bits per heavy atom. The summed E-state index contributed by atoms with van der Waals surface area (Å²) in [5.41, 5.74) is -0.153. The van der Waals surface area contributed by atoms with Crippen LogP contribution in [0.25, 0.3) is 0 Å². The molecule has 2 rings (SSSR count). The van der Waals surface area contributed by atoms with Gasteiger partial charge in [0.25, 0.3) is 5.82 Å². The minimum Gasteiger partial charge on any atom is -0.462 e. The third kappa shape index (κ3) is 1.85. The lowest BCUT2D eigenvalue weighted by molar-refractivity contribution is -0.401. The molecule has 0 amide bonds. The van der Waals surface area contributed by atoms with Gasteiger partial charge in [0.1, 0.15) is 6.20 Å². The topological polar surface area (TPSA) is 62.4 Å². The van der Waals surface area contributed by atoms with Gasteiger partial charge in [-0.25, -0.2) is 14.6 Å². The van der Waals surface area contributed by atoms with Gasteiger partial charge in [-0.2, -0.15) is 4.57 Å². The molecule has 86 valence electrons. The van der Waals surface area contributed by atoms with Crippen molar-refractivity contribution in [3.05, 3.63) is 27.9 Å². The van der Waals surface area contributed by atoms with Crippen molar-refractivity contribution in [1.82, 2.24) is 4.57 Å². The molecule has 0 atom stereocenters. The van der Waals surface area contributed by atoms with Crippen molar-refractivity contribution < 1.29 is 14.5 Å². The number of aromatic amines is 1. The van der Waals surface area contributed by atoms with Gasteiger partial charge in [-0.05, 0) is 19.8 Å². The quantitative estimate of drug-likeness (QED) is 0.672. The molecule has 1 aliphatic heterocycles. The van der Waals surface area contributed by atoms with Crippen LogP contribution in [0.15, 0.2) is 11.0 Å². The number of H-pyrrole nitrogens is 1. The number of nitrogens with zero attached hydrogens (tertiary/aromatic N) is 1. The van der Waals surface area contributed by atoms with E-state index in [0.29, 0.717) is 6.54 Å². The van der Waals surface area contributed by atoms with E-state index in [1.165, 1.54) is 6.20 Å². The zero-order valence-corrected chi connectivity index (χ0v) is 9.28. The number of rotatable bonds is 2. The molecule has 1 aromatic heterocycles. The predicted octanol–water partition coefficient (Wildman–Crippen LogP) is 0.175. The smallest absolute Gasteiger partial charge is 0.352 e. The Labute approximate surface area is 93.1 Å². The second-order valence-electron chi connectivity index (χ2n) is 3.78. The molecule has 1 N–H and O–H groups in total. The largest absolute Gasteiger partial charge is 0.462 e. The van der Waals surface area contributed by atoms with Gasteiger partial charge in [0.2, 0.25) is 0 Å². The monoisotopic (exact) mass is 223 g/mol. The molecule has 0 spiro atoms. The molecule has 16 heavy (non-hydrogen) atoms. The summed E-state index contributed by atoms with van der Waals surface area (Å²) in [7, 11) is 0. The molecule has 2 heterocycles. The van der Waals surface area contributed by atoms with E-state index in [-0.39, 0.29) is 17.7 Å². The Hall–Kier alpha value is -1.65. The molecule has 1 aromatic rings. The van der Waals surface area contributed by atoms with E-state index in [9.17, 15) is 9.59 Å². The predicted molar refractivity (Wildman–Crippen MR) is 56.2 cm³/mol. The number of esters is 1. The van der Waals surface area contributed by atoms with E-state index in [1.807, 2.05) is 0 Å². The maximum atomic E-state index is 12.0. The lowest BCUT2D eigenvalue weighted by Crippen LogP contribution is -2.38. The van der Waals surface area contributed by atoms with Gasteiger partial charge in [-0.1, -0.05) is 0 Å². The van der Waals surface area contributed by atoms with Gasteiger partial charge in [-0.3, -0.25) is 0 Å². The van der Waals surface area contributed by atoms with E-state index in [2.05, 4.69) is 4.98 Å². The first-order valence-corrected chi connectivity index (χ1v) is 5.55. The molecule has 0 aromatic carbocycles. The Morgan fingerprint density at radius 2 is 2.38 bits per heavy atom. The zero-order valence-electron chi connectivity index (χ0n) is 9.28. The van der Waals surface area contributed by atoms with Crippen molar-refractivity contribution in [3.8, 4) is 0 Å². The van der Waals surface area contributed by atoms with Crippen molar-refractivity contribution >= 4 is 5.97 Å². The molecule has 0 saturated carbocycles. The lowest BCUT2D eigenvalue weighted by Gasteiger charge is -2.10. The van der Waals surface area contributed by atoms with Crippen LogP contribution in [0.4, 0.5) is 0 Å². The van der Waals surface area contributed by atoms with Gasteiger partial charge in [0.05, 0.1) is 13.2 Å². The van der Waals surface area contributed by atoms with Gasteiger partial charge < -0.3 is 4.74 Å². The van der Waals surface area contributed by atoms with Crippen LogP contribution in [0.5, 0.6) is 0 Å². The SMILES string of the molecule is CCOC(=O)c1c[nH+]c2n(c1=O)CCCC2. The van der Waals surface area contributed by atoms with Crippen LogP contribution in [0.2, 0.25) is 0 Å². The van der Waals surface area contributed by atoms with Crippen LogP contribution < -0.4 is 10.5 Å². The van der Waals surface area contributed by atoms with Crippen molar-refractivity contribution in [2.24, 2.45) is 0 Å². The summed E-state index contributed by atoms with van der Waals surface area (Å²) in [6, 6.07) is 0. The number of nitrogens with one attached hydrogen (secondary N) is 1. The number of aryl methyl sites for hydroxylation is 1. The number of fused-ring (bicyclic) bond motifs is 1. The molecule has 1 aliphatic rings. The maximum absolute atomic E-state index is 12.0. The van der Waals surface area contributed by atoms with E-state index in [4.69, 9.17) is 4.74 Å². The number of aromatic nitrogens is 2. The molecule has 0 aliphatic carbocycles. The second kappa shape index (κ2) is 4.47. The Bertz CT molecular complexity index is 465. The third-order valence-electron chi connectivity index (χ3n) is 2.73. The van der Waals surface area contributed by atoms with E-state index in [0.717, 1.165) is 25.1 Å². The number of carbonyl (C=O) groups excluding carboxylic acids is 1. The fraction of sp³-hybridized carbons (Fsp3) is 0.545. The average molecular weight is 223 g/mol. The molecule has 0 bridgehead atoms. The first-order chi connectivity index (χ1) is 7.74. The number of ether oxygens (including phenoxy) is 1. The lowest BCUT2D eigenvalue weighted by atomic mass is 10.1. The molecular formula is C11H15N2O3+. The van der Waals surface area contributed by atoms with Crippen molar-refractivity contribution in [3.63, 3.8) is 0 Å². The van der Waals surface area contributed by atoms with Crippen molar-refractivity contribution in [1.29, 1.82) is 0 Å². The van der Waals surface area contributed by atoms with Gasteiger partial charge in [0.15, 0.2) is 5.56 Å². The molecule has 0 unspecified atom stereocenters.